The number of carbonyl (C=O) groups excluding carboxylic acids is 1. The molecule has 30 heavy (non-hydrogen) atoms. The van der Waals surface area contributed by atoms with E-state index in [1.54, 1.807) is 25.3 Å². The molecule has 7 nitrogen and oxygen atoms in total. The molecule has 0 saturated carbocycles. The molecule has 0 bridgehead atoms. The summed E-state index contributed by atoms with van der Waals surface area (Å²) in [6, 6.07) is 16.7. The maximum atomic E-state index is 12.8. The Morgan fingerprint density at radius 2 is 2.00 bits per heavy atom. The van der Waals surface area contributed by atoms with Gasteiger partial charge < -0.3 is 25.3 Å². The molecule has 1 amide bonds. The lowest BCUT2D eigenvalue weighted by Gasteiger charge is -2.05. The van der Waals surface area contributed by atoms with Crippen LogP contribution < -0.4 is 25.3 Å². The van der Waals surface area contributed by atoms with Crippen LogP contribution in [0.1, 0.15) is 9.67 Å². The predicted octanol–water partition coefficient (Wildman–Crippen LogP) is 4.54. The van der Waals surface area contributed by atoms with E-state index in [0.29, 0.717) is 32.6 Å². The van der Waals surface area contributed by atoms with Crippen LogP contribution in [0.25, 0.3) is 21.5 Å². The molecular formula is C22H17N3O4S. The lowest BCUT2D eigenvalue weighted by molar-refractivity contribution is 0.103. The second-order valence-electron chi connectivity index (χ2n) is 6.65. The average molecular weight is 419 g/mol. The van der Waals surface area contributed by atoms with Crippen molar-refractivity contribution in [1.82, 2.24) is 4.98 Å². The molecule has 0 fully saturated rings. The molecule has 8 heteroatoms. The predicted molar refractivity (Wildman–Crippen MR) is 117 cm³/mol. The van der Waals surface area contributed by atoms with Gasteiger partial charge in [0, 0.05) is 22.7 Å². The Balaban J connectivity index is 1.46. The highest BCUT2D eigenvalue weighted by Gasteiger charge is 2.20. The third-order valence-electron chi connectivity index (χ3n) is 4.80. The number of nitrogens with zero attached hydrogens (tertiary/aromatic N) is 1. The first-order valence-corrected chi connectivity index (χ1v) is 9.98. The third kappa shape index (κ3) is 3.17. The number of ether oxygens (including phenoxy) is 3. The van der Waals surface area contributed by atoms with E-state index in [2.05, 4.69) is 5.32 Å². The number of pyridine rings is 1. The lowest BCUT2D eigenvalue weighted by atomic mass is 10.1. The molecule has 4 aromatic rings. The van der Waals surface area contributed by atoms with Gasteiger partial charge in [0.05, 0.1) is 18.5 Å². The fourth-order valence-corrected chi connectivity index (χ4v) is 4.26. The molecule has 0 radical (unpaired) electrons. The number of fused-ring (bicyclic) bond motifs is 2. The molecule has 1 aliphatic rings. The Morgan fingerprint density at radius 3 is 2.87 bits per heavy atom. The first-order valence-electron chi connectivity index (χ1n) is 9.17. The molecule has 0 unspecified atom stereocenters. The topological polar surface area (TPSA) is 95.7 Å². The number of amides is 1. The average Bonchev–Trinajstić information content (AvgIpc) is 3.37. The summed E-state index contributed by atoms with van der Waals surface area (Å²) < 4.78 is 15.9. The van der Waals surface area contributed by atoms with Crippen molar-refractivity contribution in [3.63, 3.8) is 0 Å². The number of nitrogens with two attached hydrogens (primary N) is 1. The van der Waals surface area contributed by atoms with E-state index in [0.717, 1.165) is 22.4 Å². The van der Waals surface area contributed by atoms with Gasteiger partial charge in [-0.1, -0.05) is 12.1 Å². The molecule has 0 spiro atoms. The summed E-state index contributed by atoms with van der Waals surface area (Å²) in [6.45, 7) is 0.178. The highest BCUT2D eigenvalue weighted by Crippen LogP contribution is 2.37. The number of aromatic nitrogens is 1. The number of nitrogen functional groups attached to an aromatic ring is 1. The van der Waals surface area contributed by atoms with E-state index in [-0.39, 0.29) is 12.7 Å². The summed E-state index contributed by atoms with van der Waals surface area (Å²) in [5.41, 5.74) is 8.99. The largest absolute Gasteiger partial charge is 0.497 e. The normalized spacial score (nSPS) is 12.2. The number of anilines is 2. The third-order valence-corrected chi connectivity index (χ3v) is 5.91. The van der Waals surface area contributed by atoms with Crippen LogP contribution in [-0.4, -0.2) is 24.8 Å². The summed E-state index contributed by atoms with van der Waals surface area (Å²) in [5.74, 6) is 1.71. The Kier molecular flexibility index (Phi) is 4.40. The van der Waals surface area contributed by atoms with Crippen molar-refractivity contribution in [2.75, 3.05) is 25.0 Å². The second-order valence-corrected chi connectivity index (χ2v) is 7.65. The van der Waals surface area contributed by atoms with Gasteiger partial charge in [-0.15, -0.1) is 11.3 Å². The molecule has 3 N–H and O–H groups in total. The summed E-state index contributed by atoms with van der Waals surface area (Å²) >= 11 is 1.26. The number of carbonyl (C=O) groups is 1. The molecular weight excluding hydrogens is 402 g/mol. The first-order chi connectivity index (χ1) is 14.6. The Morgan fingerprint density at radius 1 is 1.13 bits per heavy atom. The molecule has 2 aromatic heterocycles. The van der Waals surface area contributed by atoms with Gasteiger partial charge in [0.25, 0.3) is 5.91 Å². The number of benzene rings is 2. The number of rotatable bonds is 4. The first kappa shape index (κ1) is 18.3. The van der Waals surface area contributed by atoms with Crippen molar-refractivity contribution in [3.8, 4) is 28.5 Å². The zero-order valence-corrected chi connectivity index (χ0v) is 16.8. The summed E-state index contributed by atoms with van der Waals surface area (Å²) in [7, 11) is 1.63. The minimum Gasteiger partial charge on any atom is -0.497 e. The van der Waals surface area contributed by atoms with Crippen molar-refractivity contribution in [2.45, 2.75) is 0 Å². The van der Waals surface area contributed by atoms with E-state index in [9.17, 15) is 4.79 Å². The number of hydrogen-bond acceptors (Lipinski definition) is 7. The standard InChI is InChI=1S/C22H17N3O4S/c1-27-14-4-2-3-12(9-14)16-7-6-15-19(23)20(30-22(15)25-16)21(26)24-13-5-8-17-18(10-13)29-11-28-17/h2-10H,11,23H2,1H3,(H,24,26). The minimum atomic E-state index is -0.294. The fraction of sp³-hybridized carbons (Fsp3) is 0.0909. The van der Waals surface area contributed by atoms with Crippen molar-refractivity contribution in [1.29, 1.82) is 0 Å². The zero-order chi connectivity index (χ0) is 20.7. The molecule has 1 aliphatic heterocycles. The van der Waals surface area contributed by atoms with Crippen LogP contribution in [0.5, 0.6) is 17.2 Å². The molecule has 0 aliphatic carbocycles. The molecule has 2 aromatic carbocycles. The van der Waals surface area contributed by atoms with Gasteiger partial charge >= 0.3 is 0 Å². The monoisotopic (exact) mass is 419 g/mol. The molecule has 0 atom stereocenters. The van der Waals surface area contributed by atoms with Gasteiger partial charge in [0.15, 0.2) is 11.5 Å². The van der Waals surface area contributed by atoms with E-state index < -0.39 is 0 Å². The van der Waals surface area contributed by atoms with E-state index in [4.69, 9.17) is 24.9 Å². The summed E-state index contributed by atoms with van der Waals surface area (Å²) in [5, 5.41) is 3.62. The van der Waals surface area contributed by atoms with Crippen molar-refractivity contribution in [3.05, 3.63) is 59.5 Å². The van der Waals surface area contributed by atoms with Crippen LogP contribution in [-0.2, 0) is 0 Å². The SMILES string of the molecule is COc1cccc(-c2ccc3c(N)c(C(=O)Nc4ccc5c(c4)OCO5)sc3n2)c1. The molecule has 5 rings (SSSR count). The molecule has 3 heterocycles. The van der Waals surface area contributed by atoms with E-state index >= 15 is 0 Å². The zero-order valence-electron chi connectivity index (χ0n) is 16.0. The number of nitrogens with one attached hydrogen (secondary N) is 1. The van der Waals surface area contributed by atoms with E-state index in [1.807, 2.05) is 36.4 Å². The lowest BCUT2D eigenvalue weighted by Crippen LogP contribution is -2.11. The van der Waals surface area contributed by atoms with E-state index in [1.165, 1.54) is 11.3 Å². The highest BCUT2D eigenvalue weighted by molar-refractivity contribution is 7.21. The van der Waals surface area contributed by atoms with Crippen molar-refractivity contribution < 1.29 is 19.0 Å². The van der Waals surface area contributed by atoms with Gasteiger partial charge in [0.2, 0.25) is 6.79 Å². The number of hydrogen-bond donors (Lipinski definition) is 2. The van der Waals surface area contributed by atoms with Crippen LogP contribution >= 0.6 is 11.3 Å². The van der Waals surface area contributed by atoms with Gasteiger partial charge in [-0.05, 0) is 36.4 Å². The highest BCUT2D eigenvalue weighted by atomic mass is 32.1. The van der Waals surface area contributed by atoms with Gasteiger partial charge in [-0.25, -0.2) is 4.98 Å². The van der Waals surface area contributed by atoms with Crippen molar-refractivity contribution >= 4 is 38.8 Å². The fourth-order valence-electron chi connectivity index (χ4n) is 3.27. The van der Waals surface area contributed by atoms with Crippen LogP contribution in [0.2, 0.25) is 0 Å². The van der Waals surface area contributed by atoms with Crippen LogP contribution in [0.15, 0.2) is 54.6 Å². The Labute approximate surface area is 176 Å². The molecule has 0 saturated heterocycles. The number of thiophene rings is 1. The maximum Gasteiger partial charge on any atom is 0.267 e. The minimum absolute atomic E-state index is 0.178. The van der Waals surface area contributed by atoms with Gasteiger partial charge in [0.1, 0.15) is 15.5 Å². The Hall–Kier alpha value is -3.78. The quantitative estimate of drug-likeness (QED) is 0.504. The maximum absolute atomic E-state index is 12.8. The Bertz CT molecular complexity index is 1280. The summed E-state index contributed by atoms with van der Waals surface area (Å²) in [6.07, 6.45) is 0. The smallest absolute Gasteiger partial charge is 0.267 e. The van der Waals surface area contributed by atoms with Gasteiger partial charge in [-0.2, -0.15) is 0 Å². The molecule has 150 valence electrons. The summed E-state index contributed by atoms with van der Waals surface area (Å²) in [4.78, 5) is 18.7. The van der Waals surface area contributed by atoms with Crippen molar-refractivity contribution in [2.24, 2.45) is 0 Å². The van der Waals surface area contributed by atoms with Crippen LogP contribution in [0, 0.1) is 0 Å². The van der Waals surface area contributed by atoms with Crippen LogP contribution in [0.3, 0.4) is 0 Å². The van der Waals surface area contributed by atoms with Gasteiger partial charge in [-0.3, -0.25) is 4.79 Å². The number of methoxy groups -OCH3 is 1. The van der Waals surface area contributed by atoms with Crippen LogP contribution in [0.4, 0.5) is 11.4 Å². The second kappa shape index (κ2) is 7.23.